The topological polar surface area (TPSA) is 64.2 Å². The molecule has 0 atom stereocenters. The lowest BCUT2D eigenvalue weighted by Gasteiger charge is -2.21. The zero-order valence-corrected chi connectivity index (χ0v) is 9.59. The van der Waals surface area contributed by atoms with Gasteiger partial charge < -0.3 is 10.6 Å². The predicted molar refractivity (Wildman–Crippen MR) is 61.7 cm³/mol. The summed E-state index contributed by atoms with van der Waals surface area (Å²) in [5.74, 6) is 0.605. The number of aromatic nitrogens is 2. The Morgan fingerprint density at radius 3 is 2.94 bits per heavy atom. The van der Waals surface area contributed by atoms with Crippen LogP contribution in [0.3, 0.4) is 0 Å². The lowest BCUT2D eigenvalue weighted by atomic mass is 10.3. The molecule has 1 fully saturated rings. The summed E-state index contributed by atoms with van der Waals surface area (Å²) in [6.07, 6.45) is 5.04. The molecule has 0 aromatic carbocycles. The van der Waals surface area contributed by atoms with Crippen LogP contribution in [0.15, 0.2) is 12.3 Å². The Hall–Kier alpha value is -1.52. The van der Waals surface area contributed by atoms with Crippen LogP contribution in [-0.4, -0.2) is 33.2 Å². The molecule has 1 aliphatic rings. The van der Waals surface area contributed by atoms with Crippen molar-refractivity contribution in [1.29, 1.82) is 0 Å². The molecule has 1 aromatic rings. The third-order valence-corrected chi connectivity index (χ3v) is 2.73. The molecule has 1 aliphatic carbocycles. The first-order chi connectivity index (χ1) is 7.70. The van der Waals surface area contributed by atoms with Gasteiger partial charge in [-0.15, -0.1) is 0 Å². The van der Waals surface area contributed by atoms with Gasteiger partial charge in [0, 0.05) is 18.8 Å². The minimum Gasteiger partial charge on any atom is -0.382 e. The van der Waals surface area contributed by atoms with Gasteiger partial charge in [0.2, 0.25) is 5.91 Å². The second-order valence-corrected chi connectivity index (χ2v) is 4.26. The van der Waals surface area contributed by atoms with E-state index in [9.17, 15) is 4.79 Å². The third kappa shape index (κ3) is 2.53. The summed E-state index contributed by atoms with van der Waals surface area (Å²) in [5.41, 5.74) is 5.50. The Morgan fingerprint density at radius 1 is 1.69 bits per heavy atom. The van der Waals surface area contributed by atoms with Crippen LogP contribution >= 0.6 is 0 Å². The summed E-state index contributed by atoms with van der Waals surface area (Å²) in [4.78, 5) is 14.0. The summed E-state index contributed by atoms with van der Waals surface area (Å²) in [5, 5.41) is 4.02. The molecule has 88 valence electrons. The number of nitrogen functional groups attached to an aromatic ring is 1. The van der Waals surface area contributed by atoms with Gasteiger partial charge >= 0.3 is 0 Å². The second kappa shape index (κ2) is 4.55. The lowest BCUT2D eigenvalue weighted by molar-refractivity contribution is -0.132. The summed E-state index contributed by atoms with van der Waals surface area (Å²) in [6.45, 7) is 3.24. The molecular formula is C11H18N4O. The maximum Gasteiger partial charge on any atom is 0.244 e. The fraction of sp³-hybridized carbons (Fsp3) is 0.636. The fourth-order valence-electron chi connectivity index (χ4n) is 1.83. The van der Waals surface area contributed by atoms with Crippen molar-refractivity contribution in [3.8, 4) is 0 Å². The van der Waals surface area contributed by atoms with Gasteiger partial charge in [0.25, 0.3) is 0 Å². The molecule has 0 aliphatic heterocycles. The van der Waals surface area contributed by atoms with Crippen molar-refractivity contribution in [3.63, 3.8) is 0 Å². The number of carbonyl (C=O) groups excluding carboxylic acids is 1. The minimum absolute atomic E-state index is 0.146. The number of rotatable bonds is 5. The van der Waals surface area contributed by atoms with Crippen molar-refractivity contribution in [2.75, 3.05) is 12.3 Å². The largest absolute Gasteiger partial charge is 0.382 e. The van der Waals surface area contributed by atoms with Crippen LogP contribution in [0.2, 0.25) is 0 Å². The van der Waals surface area contributed by atoms with Gasteiger partial charge in [0.1, 0.15) is 12.4 Å². The van der Waals surface area contributed by atoms with Gasteiger partial charge in [-0.3, -0.25) is 9.48 Å². The van der Waals surface area contributed by atoms with Crippen LogP contribution in [0.4, 0.5) is 5.82 Å². The van der Waals surface area contributed by atoms with E-state index in [1.165, 1.54) is 0 Å². The second-order valence-electron chi connectivity index (χ2n) is 4.26. The molecule has 16 heavy (non-hydrogen) atoms. The van der Waals surface area contributed by atoms with Crippen LogP contribution in [0.1, 0.15) is 26.2 Å². The molecular weight excluding hydrogens is 204 g/mol. The number of nitrogens with zero attached hydrogens (tertiary/aromatic N) is 3. The quantitative estimate of drug-likeness (QED) is 0.803. The summed E-state index contributed by atoms with van der Waals surface area (Å²) in [7, 11) is 0. The molecule has 1 heterocycles. The van der Waals surface area contributed by atoms with Gasteiger partial charge in [-0.25, -0.2) is 0 Å². The van der Waals surface area contributed by atoms with E-state index in [4.69, 9.17) is 5.73 Å². The van der Waals surface area contributed by atoms with Crippen molar-refractivity contribution in [1.82, 2.24) is 14.7 Å². The van der Waals surface area contributed by atoms with Crippen molar-refractivity contribution < 1.29 is 4.79 Å². The Morgan fingerprint density at radius 2 is 2.44 bits per heavy atom. The number of hydrogen-bond acceptors (Lipinski definition) is 3. The number of hydrogen-bond donors (Lipinski definition) is 1. The first-order valence-electron chi connectivity index (χ1n) is 5.79. The highest BCUT2D eigenvalue weighted by molar-refractivity contribution is 5.76. The van der Waals surface area contributed by atoms with Crippen molar-refractivity contribution in [3.05, 3.63) is 12.3 Å². The van der Waals surface area contributed by atoms with Gasteiger partial charge in [-0.2, -0.15) is 5.10 Å². The molecule has 5 nitrogen and oxygen atoms in total. The van der Waals surface area contributed by atoms with Crippen molar-refractivity contribution in [2.24, 2.45) is 0 Å². The van der Waals surface area contributed by atoms with Gasteiger partial charge in [0.05, 0.1) is 0 Å². The highest BCUT2D eigenvalue weighted by atomic mass is 16.2. The molecule has 0 spiro atoms. The van der Waals surface area contributed by atoms with E-state index in [1.807, 2.05) is 4.90 Å². The Balaban J connectivity index is 1.94. The van der Waals surface area contributed by atoms with E-state index < -0.39 is 0 Å². The zero-order valence-electron chi connectivity index (χ0n) is 9.59. The molecule has 0 bridgehead atoms. The monoisotopic (exact) mass is 222 g/mol. The maximum atomic E-state index is 12.0. The highest BCUT2D eigenvalue weighted by Crippen LogP contribution is 2.27. The smallest absolute Gasteiger partial charge is 0.244 e. The van der Waals surface area contributed by atoms with Crippen LogP contribution in [0.5, 0.6) is 0 Å². The van der Waals surface area contributed by atoms with Gasteiger partial charge in [-0.05, 0) is 25.3 Å². The van der Waals surface area contributed by atoms with Crippen LogP contribution < -0.4 is 5.73 Å². The van der Waals surface area contributed by atoms with Crippen molar-refractivity contribution in [2.45, 2.75) is 38.8 Å². The molecule has 2 rings (SSSR count). The molecule has 1 saturated carbocycles. The first kappa shape index (κ1) is 11.0. The lowest BCUT2D eigenvalue weighted by Crippen LogP contribution is -2.36. The molecule has 2 N–H and O–H groups in total. The SMILES string of the molecule is CCCN(C(=O)Cn1ccc(N)n1)C1CC1. The van der Waals surface area contributed by atoms with E-state index >= 15 is 0 Å². The molecule has 0 saturated heterocycles. The summed E-state index contributed by atoms with van der Waals surface area (Å²) < 4.78 is 1.60. The summed E-state index contributed by atoms with van der Waals surface area (Å²) in [6, 6.07) is 2.18. The van der Waals surface area contributed by atoms with E-state index in [0.29, 0.717) is 18.4 Å². The van der Waals surface area contributed by atoms with Crippen LogP contribution in [-0.2, 0) is 11.3 Å². The Labute approximate surface area is 95.2 Å². The number of amides is 1. The Bertz CT molecular complexity index is 370. The fourth-order valence-corrected chi connectivity index (χ4v) is 1.83. The van der Waals surface area contributed by atoms with E-state index in [0.717, 1.165) is 25.8 Å². The highest BCUT2D eigenvalue weighted by Gasteiger charge is 2.31. The van der Waals surface area contributed by atoms with Crippen LogP contribution in [0, 0.1) is 0 Å². The van der Waals surface area contributed by atoms with Gasteiger partial charge in [-0.1, -0.05) is 6.92 Å². The number of nitrogens with two attached hydrogens (primary N) is 1. The van der Waals surface area contributed by atoms with Crippen LogP contribution in [0.25, 0.3) is 0 Å². The van der Waals surface area contributed by atoms with Crippen molar-refractivity contribution >= 4 is 11.7 Å². The molecule has 0 radical (unpaired) electrons. The number of anilines is 1. The average molecular weight is 222 g/mol. The molecule has 1 aromatic heterocycles. The first-order valence-corrected chi connectivity index (χ1v) is 5.79. The minimum atomic E-state index is 0.146. The standard InChI is InChI=1S/C11H18N4O/c1-2-6-15(9-3-4-9)11(16)8-14-7-5-10(12)13-14/h5,7,9H,2-4,6,8H2,1H3,(H2,12,13). The third-order valence-electron chi connectivity index (χ3n) is 2.73. The van der Waals surface area contributed by atoms with E-state index in [-0.39, 0.29) is 5.91 Å². The van der Waals surface area contributed by atoms with E-state index in [2.05, 4.69) is 12.0 Å². The Kier molecular flexibility index (Phi) is 3.12. The molecule has 5 heteroatoms. The molecule has 1 amide bonds. The van der Waals surface area contributed by atoms with Gasteiger partial charge in [0.15, 0.2) is 0 Å². The maximum absolute atomic E-state index is 12.0. The predicted octanol–water partition coefficient (Wildman–Crippen LogP) is 0.866. The number of carbonyl (C=O) groups is 1. The molecule has 0 unspecified atom stereocenters. The summed E-state index contributed by atoms with van der Waals surface area (Å²) >= 11 is 0. The average Bonchev–Trinajstić information content (AvgIpc) is 3.00. The van der Waals surface area contributed by atoms with E-state index in [1.54, 1.807) is 16.9 Å². The zero-order chi connectivity index (χ0) is 11.5. The normalized spacial score (nSPS) is 15.1.